The molecule has 0 bridgehead atoms. The summed E-state index contributed by atoms with van der Waals surface area (Å²) in [6.07, 6.45) is -0.243. The standard InChI is InChI=1S/C16H18FNO2/c1-11(16(18)12-6-8-13(17)9-7-12)20-15-5-3-4-14(10-15)19-2/h3-11,16H,18H2,1-2H3. The number of methoxy groups -OCH3 is 1. The van der Waals surface area contributed by atoms with Crippen molar-refractivity contribution in [3.8, 4) is 11.5 Å². The van der Waals surface area contributed by atoms with Gasteiger partial charge in [0.25, 0.3) is 0 Å². The first-order valence-corrected chi connectivity index (χ1v) is 6.42. The zero-order chi connectivity index (χ0) is 14.5. The van der Waals surface area contributed by atoms with Crippen LogP contribution in [0.5, 0.6) is 11.5 Å². The van der Waals surface area contributed by atoms with E-state index in [-0.39, 0.29) is 18.0 Å². The summed E-state index contributed by atoms with van der Waals surface area (Å²) in [4.78, 5) is 0. The number of benzene rings is 2. The Morgan fingerprint density at radius 3 is 2.35 bits per heavy atom. The fourth-order valence-electron chi connectivity index (χ4n) is 1.92. The maximum absolute atomic E-state index is 12.9. The lowest BCUT2D eigenvalue weighted by Crippen LogP contribution is -2.28. The molecule has 2 unspecified atom stereocenters. The van der Waals surface area contributed by atoms with E-state index in [1.165, 1.54) is 12.1 Å². The van der Waals surface area contributed by atoms with Crippen molar-refractivity contribution in [3.05, 3.63) is 59.9 Å². The van der Waals surface area contributed by atoms with Crippen molar-refractivity contribution in [2.24, 2.45) is 5.73 Å². The van der Waals surface area contributed by atoms with Gasteiger partial charge in [-0.3, -0.25) is 0 Å². The molecule has 0 amide bonds. The van der Waals surface area contributed by atoms with E-state index in [1.807, 2.05) is 25.1 Å². The summed E-state index contributed by atoms with van der Waals surface area (Å²) >= 11 is 0. The summed E-state index contributed by atoms with van der Waals surface area (Å²) in [5.74, 6) is 1.14. The van der Waals surface area contributed by atoms with Crippen molar-refractivity contribution in [1.82, 2.24) is 0 Å². The molecular formula is C16H18FNO2. The summed E-state index contributed by atoms with van der Waals surface area (Å²) < 4.78 is 23.8. The van der Waals surface area contributed by atoms with E-state index < -0.39 is 0 Å². The second kappa shape index (κ2) is 6.39. The van der Waals surface area contributed by atoms with E-state index in [2.05, 4.69) is 0 Å². The highest BCUT2D eigenvalue weighted by Crippen LogP contribution is 2.23. The maximum atomic E-state index is 12.9. The Kier molecular flexibility index (Phi) is 4.58. The molecule has 0 fully saturated rings. The molecule has 0 heterocycles. The van der Waals surface area contributed by atoms with Crippen molar-refractivity contribution in [3.63, 3.8) is 0 Å². The monoisotopic (exact) mass is 275 g/mol. The van der Waals surface area contributed by atoms with E-state index in [1.54, 1.807) is 25.3 Å². The van der Waals surface area contributed by atoms with Gasteiger partial charge in [0.15, 0.2) is 0 Å². The Labute approximate surface area is 118 Å². The smallest absolute Gasteiger partial charge is 0.123 e. The zero-order valence-electron chi connectivity index (χ0n) is 11.5. The fraction of sp³-hybridized carbons (Fsp3) is 0.250. The summed E-state index contributed by atoms with van der Waals surface area (Å²) in [6.45, 7) is 1.88. The van der Waals surface area contributed by atoms with Crippen LogP contribution >= 0.6 is 0 Å². The van der Waals surface area contributed by atoms with Gasteiger partial charge in [-0.25, -0.2) is 4.39 Å². The minimum absolute atomic E-state index is 0.243. The van der Waals surface area contributed by atoms with Gasteiger partial charge in [-0.15, -0.1) is 0 Å². The minimum atomic E-state index is -0.332. The van der Waals surface area contributed by atoms with Gasteiger partial charge >= 0.3 is 0 Å². The number of halogens is 1. The Morgan fingerprint density at radius 1 is 1.05 bits per heavy atom. The topological polar surface area (TPSA) is 44.5 Å². The third kappa shape index (κ3) is 3.48. The number of ether oxygens (including phenoxy) is 2. The third-order valence-corrected chi connectivity index (χ3v) is 3.12. The van der Waals surface area contributed by atoms with Crippen molar-refractivity contribution in [1.29, 1.82) is 0 Å². The van der Waals surface area contributed by atoms with E-state index in [9.17, 15) is 4.39 Å². The lowest BCUT2D eigenvalue weighted by atomic mass is 10.0. The molecule has 0 radical (unpaired) electrons. The molecule has 2 atom stereocenters. The van der Waals surface area contributed by atoms with Crippen LogP contribution in [-0.4, -0.2) is 13.2 Å². The Balaban J connectivity index is 2.06. The molecule has 2 N–H and O–H groups in total. The van der Waals surface area contributed by atoms with Crippen LogP contribution in [0, 0.1) is 5.82 Å². The minimum Gasteiger partial charge on any atom is -0.497 e. The Bertz CT molecular complexity index is 557. The van der Waals surface area contributed by atoms with E-state index in [4.69, 9.17) is 15.2 Å². The molecule has 2 rings (SSSR count). The number of rotatable bonds is 5. The highest BCUT2D eigenvalue weighted by Gasteiger charge is 2.16. The molecule has 0 spiro atoms. The molecule has 4 heteroatoms. The second-order valence-electron chi connectivity index (χ2n) is 4.58. The molecule has 20 heavy (non-hydrogen) atoms. The van der Waals surface area contributed by atoms with Crippen LogP contribution in [0.1, 0.15) is 18.5 Å². The second-order valence-corrected chi connectivity index (χ2v) is 4.58. The summed E-state index contributed by atoms with van der Waals surface area (Å²) in [7, 11) is 1.60. The average Bonchev–Trinajstić information content (AvgIpc) is 2.47. The molecule has 0 aliphatic heterocycles. The lowest BCUT2D eigenvalue weighted by molar-refractivity contribution is 0.190. The SMILES string of the molecule is COc1cccc(OC(C)C(N)c2ccc(F)cc2)c1. The molecule has 0 aromatic heterocycles. The summed E-state index contributed by atoms with van der Waals surface area (Å²) in [5.41, 5.74) is 6.96. The molecule has 2 aromatic carbocycles. The van der Waals surface area contributed by atoms with Gasteiger partial charge in [0.2, 0.25) is 0 Å². The molecule has 2 aromatic rings. The molecule has 3 nitrogen and oxygen atoms in total. The quantitative estimate of drug-likeness (QED) is 0.910. The predicted octanol–water partition coefficient (Wildman–Crippen LogP) is 3.30. The average molecular weight is 275 g/mol. The van der Waals surface area contributed by atoms with Crippen molar-refractivity contribution in [2.45, 2.75) is 19.1 Å². The van der Waals surface area contributed by atoms with E-state index in [0.29, 0.717) is 5.75 Å². The lowest BCUT2D eigenvalue weighted by Gasteiger charge is -2.22. The van der Waals surface area contributed by atoms with Crippen LogP contribution in [0.15, 0.2) is 48.5 Å². The fourth-order valence-corrected chi connectivity index (χ4v) is 1.92. The third-order valence-electron chi connectivity index (χ3n) is 3.12. The van der Waals surface area contributed by atoms with Gasteiger partial charge in [0.1, 0.15) is 23.4 Å². The predicted molar refractivity (Wildman–Crippen MR) is 76.4 cm³/mol. The molecular weight excluding hydrogens is 257 g/mol. The first-order valence-electron chi connectivity index (χ1n) is 6.42. The Hall–Kier alpha value is -2.07. The van der Waals surface area contributed by atoms with Crippen LogP contribution in [0.2, 0.25) is 0 Å². The first kappa shape index (κ1) is 14.3. The van der Waals surface area contributed by atoms with Gasteiger partial charge in [-0.05, 0) is 36.8 Å². The van der Waals surface area contributed by atoms with Crippen LogP contribution in [-0.2, 0) is 0 Å². The van der Waals surface area contributed by atoms with Crippen LogP contribution in [0.4, 0.5) is 4.39 Å². The van der Waals surface area contributed by atoms with E-state index >= 15 is 0 Å². The first-order chi connectivity index (χ1) is 9.60. The van der Waals surface area contributed by atoms with E-state index in [0.717, 1.165) is 11.3 Å². The van der Waals surface area contributed by atoms with Crippen LogP contribution < -0.4 is 15.2 Å². The van der Waals surface area contributed by atoms with Crippen LogP contribution in [0.25, 0.3) is 0 Å². The maximum Gasteiger partial charge on any atom is 0.123 e. The molecule has 106 valence electrons. The molecule has 0 saturated heterocycles. The number of nitrogens with two attached hydrogens (primary N) is 1. The molecule has 0 aliphatic rings. The number of hydrogen-bond acceptors (Lipinski definition) is 3. The molecule has 0 saturated carbocycles. The number of hydrogen-bond donors (Lipinski definition) is 1. The van der Waals surface area contributed by atoms with Gasteiger partial charge < -0.3 is 15.2 Å². The van der Waals surface area contributed by atoms with Crippen molar-refractivity contribution >= 4 is 0 Å². The Morgan fingerprint density at radius 2 is 1.70 bits per heavy atom. The highest BCUT2D eigenvalue weighted by molar-refractivity contribution is 5.33. The van der Waals surface area contributed by atoms with Crippen LogP contribution in [0.3, 0.4) is 0 Å². The summed E-state index contributed by atoms with van der Waals surface area (Å²) in [6, 6.07) is 13.1. The van der Waals surface area contributed by atoms with Crippen molar-refractivity contribution in [2.75, 3.05) is 7.11 Å². The van der Waals surface area contributed by atoms with Gasteiger partial charge in [-0.1, -0.05) is 18.2 Å². The molecule has 0 aliphatic carbocycles. The van der Waals surface area contributed by atoms with Gasteiger partial charge in [0.05, 0.1) is 13.2 Å². The largest absolute Gasteiger partial charge is 0.497 e. The summed E-state index contributed by atoms with van der Waals surface area (Å²) in [5, 5.41) is 0. The van der Waals surface area contributed by atoms with Gasteiger partial charge in [-0.2, -0.15) is 0 Å². The normalized spacial score (nSPS) is 13.6. The van der Waals surface area contributed by atoms with Crippen molar-refractivity contribution < 1.29 is 13.9 Å². The van der Waals surface area contributed by atoms with Gasteiger partial charge in [0, 0.05) is 6.07 Å². The highest BCUT2D eigenvalue weighted by atomic mass is 19.1. The zero-order valence-corrected chi connectivity index (χ0v) is 11.5.